The molecule has 10 heteroatoms. The molecule has 5 rings (SSSR count). The summed E-state index contributed by atoms with van der Waals surface area (Å²) in [5.41, 5.74) is 1.69. The molecule has 2 aliphatic heterocycles. The minimum absolute atomic E-state index is 0.0134. The van der Waals surface area contributed by atoms with Crippen molar-refractivity contribution >= 4 is 17.9 Å². The van der Waals surface area contributed by atoms with Crippen LogP contribution >= 0.6 is 0 Å². The fourth-order valence-corrected chi connectivity index (χ4v) is 5.45. The van der Waals surface area contributed by atoms with Gasteiger partial charge in [-0.25, -0.2) is 14.8 Å². The normalized spacial score (nSPS) is 18.6. The maximum absolute atomic E-state index is 13.6. The number of benzene rings is 1. The molecule has 0 unspecified atom stereocenters. The summed E-state index contributed by atoms with van der Waals surface area (Å²) in [6, 6.07) is 8.14. The van der Waals surface area contributed by atoms with Gasteiger partial charge in [0.1, 0.15) is 5.60 Å². The number of nitrogens with zero attached hydrogens (tertiary/aromatic N) is 4. The van der Waals surface area contributed by atoms with Crippen LogP contribution in [0.4, 0.5) is 4.79 Å². The maximum Gasteiger partial charge on any atom is 0.410 e. The predicted octanol–water partition coefficient (Wildman–Crippen LogP) is 3.99. The van der Waals surface area contributed by atoms with Gasteiger partial charge in [0.05, 0.1) is 12.0 Å². The van der Waals surface area contributed by atoms with Gasteiger partial charge < -0.3 is 24.6 Å². The Morgan fingerprint density at radius 2 is 1.56 bits per heavy atom. The van der Waals surface area contributed by atoms with Crippen molar-refractivity contribution in [2.24, 2.45) is 0 Å². The molecule has 1 aromatic carbocycles. The van der Waals surface area contributed by atoms with Gasteiger partial charge in [-0.05, 0) is 64.9 Å². The Balaban J connectivity index is 1.16. The van der Waals surface area contributed by atoms with E-state index in [0.717, 1.165) is 49.7 Å². The van der Waals surface area contributed by atoms with Gasteiger partial charge in [0.2, 0.25) is 5.91 Å². The molecule has 3 fully saturated rings. The smallest absolute Gasteiger partial charge is 0.410 e. The first-order chi connectivity index (χ1) is 19.7. The molecule has 41 heavy (non-hydrogen) atoms. The Morgan fingerprint density at radius 1 is 0.951 bits per heavy atom. The molecule has 0 atom stereocenters. The van der Waals surface area contributed by atoms with Crippen molar-refractivity contribution in [1.29, 1.82) is 0 Å². The molecule has 0 spiro atoms. The third kappa shape index (κ3) is 7.81. The van der Waals surface area contributed by atoms with Crippen LogP contribution < -0.4 is 5.32 Å². The lowest BCUT2D eigenvalue weighted by molar-refractivity contribution is -0.121. The molecule has 3 aliphatic rings. The molecule has 0 radical (unpaired) electrons. The van der Waals surface area contributed by atoms with Gasteiger partial charge in [-0.3, -0.25) is 9.59 Å². The van der Waals surface area contributed by atoms with Crippen molar-refractivity contribution in [3.05, 3.63) is 47.8 Å². The molecular formula is C31H41N5O5. The molecule has 1 aliphatic carbocycles. The second-order valence-corrected chi connectivity index (χ2v) is 12.3. The van der Waals surface area contributed by atoms with E-state index in [4.69, 9.17) is 9.47 Å². The number of carbonyl (C=O) groups excluding carboxylic acids is 3. The molecule has 10 nitrogen and oxygen atoms in total. The highest BCUT2D eigenvalue weighted by molar-refractivity contribution is 5.94. The molecule has 1 aromatic heterocycles. The summed E-state index contributed by atoms with van der Waals surface area (Å²) in [6.07, 6.45) is 8.37. The van der Waals surface area contributed by atoms with Crippen LogP contribution in [0.5, 0.6) is 0 Å². The van der Waals surface area contributed by atoms with Gasteiger partial charge in [0, 0.05) is 62.4 Å². The minimum Gasteiger partial charge on any atom is -0.444 e. The van der Waals surface area contributed by atoms with Crippen molar-refractivity contribution in [3.8, 4) is 11.4 Å². The van der Waals surface area contributed by atoms with E-state index in [9.17, 15) is 14.4 Å². The van der Waals surface area contributed by atoms with Crippen molar-refractivity contribution in [2.45, 2.75) is 89.4 Å². The predicted molar refractivity (Wildman–Crippen MR) is 153 cm³/mol. The number of hydrogen-bond donors (Lipinski definition) is 1. The molecule has 3 amide bonds. The first-order valence-electron chi connectivity index (χ1n) is 14.8. The second kappa shape index (κ2) is 12.5. The van der Waals surface area contributed by atoms with Crippen LogP contribution in [0.15, 0.2) is 36.7 Å². The van der Waals surface area contributed by atoms with E-state index in [0.29, 0.717) is 44.1 Å². The number of likely N-dealkylation sites (tertiary alicyclic amines) is 1. The van der Waals surface area contributed by atoms with Crippen LogP contribution in [0.1, 0.15) is 75.2 Å². The van der Waals surface area contributed by atoms with Crippen LogP contribution in [-0.4, -0.2) is 87.7 Å². The number of aromatic nitrogens is 2. The number of ether oxygens (including phenoxy) is 2. The van der Waals surface area contributed by atoms with Gasteiger partial charge in [-0.2, -0.15) is 0 Å². The summed E-state index contributed by atoms with van der Waals surface area (Å²) < 4.78 is 10.9. The average molecular weight is 564 g/mol. The van der Waals surface area contributed by atoms with E-state index in [2.05, 4.69) is 15.3 Å². The number of rotatable bonds is 7. The van der Waals surface area contributed by atoms with Gasteiger partial charge >= 0.3 is 6.09 Å². The van der Waals surface area contributed by atoms with E-state index in [-0.39, 0.29) is 36.0 Å². The Hall–Kier alpha value is -3.53. The standard InChI is InChI=1S/C31H41N5O5/c1-31(2,3)41-30(39)35-14-10-26(11-15-35)36(25-8-9-25)29(38)23-19-32-28(33-20-23)22-6-4-21(5-7-22)18-27(37)34-24-12-16-40-17-13-24/h4-7,19-20,24-26H,8-18H2,1-3H3,(H,34,37). The first-order valence-corrected chi connectivity index (χ1v) is 14.8. The Morgan fingerprint density at radius 3 is 2.15 bits per heavy atom. The average Bonchev–Trinajstić information content (AvgIpc) is 3.79. The van der Waals surface area contributed by atoms with E-state index < -0.39 is 5.60 Å². The van der Waals surface area contributed by atoms with Crippen LogP contribution in [0.25, 0.3) is 11.4 Å². The molecule has 1 N–H and O–H groups in total. The van der Waals surface area contributed by atoms with Crippen molar-refractivity contribution in [3.63, 3.8) is 0 Å². The van der Waals surface area contributed by atoms with Crippen molar-refractivity contribution < 1.29 is 23.9 Å². The zero-order valence-electron chi connectivity index (χ0n) is 24.3. The van der Waals surface area contributed by atoms with Gasteiger partial charge in [-0.15, -0.1) is 0 Å². The van der Waals surface area contributed by atoms with Crippen LogP contribution in [0, 0.1) is 0 Å². The number of hydrogen-bond acceptors (Lipinski definition) is 7. The lowest BCUT2D eigenvalue weighted by Gasteiger charge is -2.39. The molecule has 220 valence electrons. The summed E-state index contributed by atoms with van der Waals surface area (Å²) in [6.45, 7) is 8.11. The zero-order chi connectivity index (χ0) is 29.0. The number of piperidine rings is 1. The van der Waals surface area contributed by atoms with Crippen LogP contribution in [0.2, 0.25) is 0 Å². The molecule has 2 saturated heterocycles. The number of nitrogens with one attached hydrogen (secondary N) is 1. The monoisotopic (exact) mass is 563 g/mol. The van der Waals surface area contributed by atoms with Gasteiger partial charge in [0.15, 0.2) is 5.82 Å². The summed E-state index contributed by atoms with van der Waals surface area (Å²) in [5, 5.41) is 3.09. The van der Waals surface area contributed by atoms with Gasteiger partial charge in [0.25, 0.3) is 5.91 Å². The molecular weight excluding hydrogens is 522 g/mol. The van der Waals surface area contributed by atoms with Crippen molar-refractivity contribution in [1.82, 2.24) is 25.1 Å². The van der Waals surface area contributed by atoms with E-state index in [1.807, 2.05) is 49.9 Å². The quantitative estimate of drug-likeness (QED) is 0.542. The largest absolute Gasteiger partial charge is 0.444 e. The Bertz CT molecular complexity index is 1210. The molecule has 0 bridgehead atoms. The van der Waals surface area contributed by atoms with Gasteiger partial charge in [-0.1, -0.05) is 24.3 Å². The SMILES string of the molecule is CC(C)(C)OC(=O)N1CCC(N(C(=O)c2cnc(-c3ccc(CC(=O)NC4CCOCC4)cc3)nc2)C2CC2)CC1. The van der Waals surface area contributed by atoms with E-state index in [1.54, 1.807) is 17.3 Å². The van der Waals surface area contributed by atoms with E-state index >= 15 is 0 Å². The Labute approximate surface area is 241 Å². The van der Waals surface area contributed by atoms with Crippen LogP contribution in [0.3, 0.4) is 0 Å². The number of carbonyl (C=O) groups is 3. The van der Waals surface area contributed by atoms with E-state index in [1.165, 1.54) is 0 Å². The highest BCUT2D eigenvalue weighted by Gasteiger charge is 2.40. The van der Waals surface area contributed by atoms with Crippen LogP contribution in [-0.2, 0) is 20.7 Å². The van der Waals surface area contributed by atoms with Crippen molar-refractivity contribution in [2.75, 3.05) is 26.3 Å². The highest BCUT2D eigenvalue weighted by Crippen LogP contribution is 2.33. The highest BCUT2D eigenvalue weighted by atomic mass is 16.6. The maximum atomic E-state index is 13.6. The topological polar surface area (TPSA) is 114 Å². The third-order valence-electron chi connectivity index (χ3n) is 7.75. The number of amides is 3. The lowest BCUT2D eigenvalue weighted by Crippen LogP contribution is -2.50. The first kappa shape index (κ1) is 29.0. The zero-order valence-corrected chi connectivity index (χ0v) is 24.3. The lowest BCUT2D eigenvalue weighted by atomic mass is 10.0. The minimum atomic E-state index is -0.528. The fourth-order valence-electron chi connectivity index (χ4n) is 5.45. The Kier molecular flexibility index (Phi) is 8.87. The molecule has 2 aromatic rings. The summed E-state index contributed by atoms with van der Waals surface area (Å²) >= 11 is 0. The fraction of sp³-hybridized carbons (Fsp3) is 0.581. The molecule has 3 heterocycles. The summed E-state index contributed by atoms with van der Waals surface area (Å²) in [7, 11) is 0. The summed E-state index contributed by atoms with van der Waals surface area (Å²) in [4.78, 5) is 51.2. The summed E-state index contributed by atoms with van der Waals surface area (Å²) in [5.74, 6) is 0.489. The third-order valence-corrected chi connectivity index (χ3v) is 7.75. The second-order valence-electron chi connectivity index (χ2n) is 12.3. The molecule has 1 saturated carbocycles.